The predicted molar refractivity (Wildman–Crippen MR) is 96.7 cm³/mol. The summed E-state index contributed by atoms with van der Waals surface area (Å²) in [4.78, 5) is 32.3. The van der Waals surface area contributed by atoms with Gasteiger partial charge in [0.25, 0.3) is 0 Å². The highest BCUT2D eigenvalue weighted by Crippen LogP contribution is 2.44. The second kappa shape index (κ2) is 8.36. The molecule has 1 aromatic rings. The SMILES string of the molecule is C=CCON1C(=O)C[C@@H](C(=O)OC)C12CCN(Cc1c(F)cccc1F)CC2. The van der Waals surface area contributed by atoms with Crippen molar-refractivity contribution in [2.24, 2.45) is 5.92 Å². The maximum atomic E-state index is 14.0. The average Bonchev–Trinajstić information content (AvgIpc) is 2.95. The number of carbonyl (C=O) groups is 2. The minimum Gasteiger partial charge on any atom is -0.469 e. The number of carbonyl (C=O) groups excluding carboxylic acids is 2. The van der Waals surface area contributed by atoms with Crippen LogP contribution in [0.5, 0.6) is 0 Å². The molecular formula is C20H24F2N2O4. The molecule has 6 nitrogen and oxygen atoms in total. The molecule has 0 radical (unpaired) electrons. The standard InChI is InChI=1S/C20H24F2N2O4/c1-3-11-28-24-18(25)12-15(19(26)27-2)20(24)7-9-23(10-8-20)13-14-16(21)5-4-6-17(14)22/h3-6,15H,1,7-13H2,2H3/t15-/m0/s1. The van der Waals surface area contributed by atoms with Crippen LogP contribution in [0.4, 0.5) is 8.78 Å². The van der Waals surface area contributed by atoms with Crippen LogP contribution >= 0.6 is 0 Å². The van der Waals surface area contributed by atoms with Crippen molar-refractivity contribution in [2.45, 2.75) is 31.3 Å². The number of halogens is 2. The average molecular weight is 394 g/mol. The van der Waals surface area contributed by atoms with Crippen LogP contribution in [0.15, 0.2) is 30.9 Å². The molecule has 8 heteroatoms. The van der Waals surface area contributed by atoms with Gasteiger partial charge in [-0.05, 0) is 25.0 Å². The molecule has 2 fully saturated rings. The molecule has 1 spiro atoms. The Labute approximate surface area is 162 Å². The van der Waals surface area contributed by atoms with Gasteiger partial charge < -0.3 is 4.74 Å². The molecule has 2 saturated heterocycles. The summed E-state index contributed by atoms with van der Waals surface area (Å²) in [5.41, 5.74) is -0.803. The fourth-order valence-electron chi connectivity index (χ4n) is 4.17. The number of esters is 1. The normalized spacial score (nSPS) is 21.9. The lowest BCUT2D eigenvalue weighted by atomic mass is 9.77. The van der Waals surface area contributed by atoms with Crippen LogP contribution in [0.1, 0.15) is 24.8 Å². The van der Waals surface area contributed by atoms with Crippen molar-refractivity contribution < 1.29 is 27.9 Å². The Morgan fingerprint density at radius 3 is 2.54 bits per heavy atom. The molecule has 0 unspecified atom stereocenters. The molecule has 2 aliphatic rings. The number of amides is 1. The van der Waals surface area contributed by atoms with E-state index in [9.17, 15) is 18.4 Å². The molecule has 2 heterocycles. The fraction of sp³-hybridized carbons (Fsp3) is 0.500. The van der Waals surface area contributed by atoms with E-state index in [0.717, 1.165) is 0 Å². The smallest absolute Gasteiger partial charge is 0.311 e. The number of benzene rings is 1. The number of rotatable bonds is 6. The summed E-state index contributed by atoms with van der Waals surface area (Å²) in [5.74, 6) is -2.53. The quantitative estimate of drug-likeness (QED) is 0.548. The van der Waals surface area contributed by atoms with Gasteiger partial charge in [-0.2, -0.15) is 0 Å². The van der Waals surface area contributed by atoms with Crippen LogP contribution < -0.4 is 0 Å². The van der Waals surface area contributed by atoms with Gasteiger partial charge in [0.05, 0.1) is 25.2 Å². The Morgan fingerprint density at radius 1 is 1.32 bits per heavy atom. The third-order valence-corrected chi connectivity index (χ3v) is 5.63. The van der Waals surface area contributed by atoms with Crippen molar-refractivity contribution in [2.75, 3.05) is 26.8 Å². The zero-order valence-corrected chi connectivity index (χ0v) is 15.8. The maximum absolute atomic E-state index is 14.0. The van der Waals surface area contributed by atoms with E-state index in [4.69, 9.17) is 9.57 Å². The molecule has 1 atom stereocenters. The highest BCUT2D eigenvalue weighted by molar-refractivity contribution is 5.88. The van der Waals surface area contributed by atoms with Crippen LogP contribution in [0, 0.1) is 17.6 Å². The van der Waals surface area contributed by atoms with E-state index >= 15 is 0 Å². The van der Waals surface area contributed by atoms with Gasteiger partial charge in [-0.3, -0.25) is 19.3 Å². The highest BCUT2D eigenvalue weighted by Gasteiger charge is 2.58. The van der Waals surface area contributed by atoms with Gasteiger partial charge in [0.15, 0.2) is 0 Å². The minimum absolute atomic E-state index is 0.0187. The molecule has 2 aliphatic heterocycles. The lowest BCUT2D eigenvalue weighted by Gasteiger charge is -2.45. The number of likely N-dealkylation sites (tertiary alicyclic amines) is 1. The number of piperidine rings is 1. The minimum atomic E-state index is -0.822. The third kappa shape index (κ3) is 3.66. The number of nitrogens with zero attached hydrogens (tertiary/aromatic N) is 2. The first-order valence-electron chi connectivity index (χ1n) is 9.23. The Bertz CT molecular complexity index is 742. The Morgan fingerprint density at radius 2 is 1.96 bits per heavy atom. The van der Waals surface area contributed by atoms with Crippen molar-refractivity contribution in [3.05, 3.63) is 48.1 Å². The zero-order valence-electron chi connectivity index (χ0n) is 15.8. The lowest BCUT2D eigenvalue weighted by Crippen LogP contribution is -2.57. The summed E-state index contributed by atoms with van der Waals surface area (Å²) < 4.78 is 32.8. The highest BCUT2D eigenvalue weighted by atomic mass is 19.1. The Kier molecular flexibility index (Phi) is 6.10. The molecule has 3 rings (SSSR count). The van der Waals surface area contributed by atoms with Gasteiger partial charge in [-0.15, -0.1) is 6.58 Å². The molecule has 0 aromatic heterocycles. The van der Waals surface area contributed by atoms with Crippen LogP contribution in [0.2, 0.25) is 0 Å². The summed E-state index contributed by atoms with van der Waals surface area (Å²) >= 11 is 0. The van der Waals surface area contributed by atoms with Gasteiger partial charge in [-0.1, -0.05) is 12.1 Å². The largest absolute Gasteiger partial charge is 0.469 e. The topological polar surface area (TPSA) is 59.1 Å². The summed E-state index contributed by atoms with van der Waals surface area (Å²) in [6.45, 7) is 4.78. The van der Waals surface area contributed by atoms with Gasteiger partial charge in [0, 0.05) is 31.6 Å². The number of methoxy groups -OCH3 is 1. The summed E-state index contributed by atoms with van der Waals surface area (Å²) in [7, 11) is 1.30. The molecule has 1 aromatic carbocycles. The molecule has 0 saturated carbocycles. The van der Waals surface area contributed by atoms with E-state index in [0.29, 0.717) is 25.9 Å². The van der Waals surface area contributed by atoms with E-state index in [-0.39, 0.29) is 31.0 Å². The van der Waals surface area contributed by atoms with E-state index in [1.165, 1.54) is 36.4 Å². The van der Waals surface area contributed by atoms with Crippen molar-refractivity contribution in [3.63, 3.8) is 0 Å². The lowest BCUT2D eigenvalue weighted by molar-refractivity contribution is -0.218. The second-order valence-corrected chi connectivity index (χ2v) is 7.13. The van der Waals surface area contributed by atoms with Crippen LogP contribution in [0.3, 0.4) is 0 Å². The van der Waals surface area contributed by atoms with Crippen molar-refractivity contribution in [3.8, 4) is 0 Å². The first kappa shape index (κ1) is 20.4. The predicted octanol–water partition coefficient (Wildman–Crippen LogP) is 2.44. The summed E-state index contributed by atoms with van der Waals surface area (Å²) in [5, 5.41) is 1.30. The molecule has 152 valence electrons. The van der Waals surface area contributed by atoms with Crippen LogP contribution in [-0.4, -0.2) is 54.2 Å². The van der Waals surface area contributed by atoms with Gasteiger partial charge in [0.2, 0.25) is 5.91 Å². The molecule has 0 bridgehead atoms. The maximum Gasteiger partial charge on any atom is 0.311 e. The fourth-order valence-corrected chi connectivity index (χ4v) is 4.17. The van der Waals surface area contributed by atoms with E-state index in [1.807, 2.05) is 4.90 Å². The van der Waals surface area contributed by atoms with Gasteiger partial charge in [0.1, 0.15) is 11.6 Å². The van der Waals surface area contributed by atoms with Crippen molar-refractivity contribution in [1.82, 2.24) is 9.96 Å². The number of hydroxylamine groups is 2. The van der Waals surface area contributed by atoms with Gasteiger partial charge >= 0.3 is 5.97 Å². The molecule has 0 aliphatic carbocycles. The molecule has 0 N–H and O–H groups in total. The van der Waals surface area contributed by atoms with Gasteiger partial charge in [-0.25, -0.2) is 13.8 Å². The molecule has 28 heavy (non-hydrogen) atoms. The first-order valence-corrected chi connectivity index (χ1v) is 9.23. The monoisotopic (exact) mass is 394 g/mol. The number of ether oxygens (including phenoxy) is 1. The third-order valence-electron chi connectivity index (χ3n) is 5.63. The Hall–Kier alpha value is -2.32. The first-order chi connectivity index (χ1) is 13.4. The molecule has 1 amide bonds. The summed E-state index contributed by atoms with van der Waals surface area (Å²) in [6, 6.07) is 3.80. The Balaban J connectivity index is 1.78. The number of hydrogen-bond acceptors (Lipinski definition) is 5. The van der Waals surface area contributed by atoms with Crippen LogP contribution in [-0.2, 0) is 25.7 Å². The van der Waals surface area contributed by atoms with Crippen molar-refractivity contribution >= 4 is 11.9 Å². The van der Waals surface area contributed by atoms with E-state index in [1.54, 1.807) is 0 Å². The summed E-state index contributed by atoms with van der Waals surface area (Å²) in [6.07, 6.45) is 2.42. The van der Waals surface area contributed by atoms with Crippen molar-refractivity contribution in [1.29, 1.82) is 0 Å². The molecular weight excluding hydrogens is 370 g/mol. The zero-order chi connectivity index (χ0) is 20.3. The van der Waals surface area contributed by atoms with E-state index in [2.05, 4.69) is 6.58 Å². The second-order valence-electron chi connectivity index (χ2n) is 7.13. The van der Waals surface area contributed by atoms with E-state index < -0.39 is 29.1 Å². The number of hydrogen-bond donors (Lipinski definition) is 0. The van der Waals surface area contributed by atoms with Crippen LogP contribution in [0.25, 0.3) is 0 Å².